The van der Waals surface area contributed by atoms with Crippen molar-refractivity contribution in [1.82, 2.24) is 10.2 Å². The monoisotopic (exact) mass is 310 g/mol. The van der Waals surface area contributed by atoms with E-state index in [2.05, 4.69) is 5.32 Å². The number of ether oxygens (including phenoxy) is 2. The Morgan fingerprint density at radius 1 is 1.59 bits per heavy atom. The summed E-state index contributed by atoms with van der Waals surface area (Å²) in [7, 11) is 0. The number of rotatable bonds is 7. The predicted octanol–water partition coefficient (Wildman–Crippen LogP) is 0.106. The Bertz CT molecular complexity index is 452. The van der Waals surface area contributed by atoms with Gasteiger partial charge in [-0.25, -0.2) is 4.79 Å². The van der Waals surface area contributed by atoms with Crippen molar-refractivity contribution >= 4 is 12.0 Å². The summed E-state index contributed by atoms with van der Waals surface area (Å²) in [6, 6.07) is 1.78. The summed E-state index contributed by atoms with van der Waals surface area (Å²) in [5.74, 6) is -0.552. The lowest BCUT2D eigenvalue weighted by Crippen LogP contribution is -2.35. The summed E-state index contributed by atoms with van der Waals surface area (Å²) in [4.78, 5) is 24.8. The highest BCUT2D eigenvalue weighted by Gasteiger charge is 2.19. The lowest BCUT2D eigenvalue weighted by molar-refractivity contribution is -0.117. The lowest BCUT2D eigenvalue weighted by atomic mass is 10.2. The van der Waals surface area contributed by atoms with Crippen LogP contribution in [-0.2, 0) is 14.3 Å². The summed E-state index contributed by atoms with van der Waals surface area (Å²) >= 11 is 0. The predicted molar refractivity (Wildman–Crippen MR) is 78.5 cm³/mol. The molecule has 2 amide bonds. The van der Waals surface area contributed by atoms with Crippen LogP contribution in [0.1, 0.15) is 19.8 Å². The molecule has 0 aromatic heterocycles. The molecule has 0 radical (unpaired) electrons. The Morgan fingerprint density at radius 2 is 2.36 bits per heavy atom. The molecule has 22 heavy (non-hydrogen) atoms. The largest absolute Gasteiger partial charge is 0.449 e. The third kappa shape index (κ3) is 5.71. The standard InChI is InChI=1S/C14H22N4O4/c1-2-21-14(20)18(6-5-15)10-11(8-16)13(19)17-9-12-4-3-7-22-12/h10,12H,2-7,9,15H2,1H3,(H,17,19)/b11-10-. The van der Waals surface area contributed by atoms with Gasteiger partial charge in [0.15, 0.2) is 0 Å². The first-order valence-corrected chi connectivity index (χ1v) is 7.27. The molecule has 0 spiro atoms. The fraction of sp³-hybridized carbons (Fsp3) is 0.643. The van der Waals surface area contributed by atoms with E-state index in [1.807, 2.05) is 0 Å². The van der Waals surface area contributed by atoms with E-state index in [1.54, 1.807) is 13.0 Å². The van der Waals surface area contributed by atoms with E-state index < -0.39 is 12.0 Å². The van der Waals surface area contributed by atoms with Crippen molar-refractivity contribution in [3.63, 3.8) is 0 Å². The van der Waals surface area contributed by atoms with Crippen molar-refractivity contribution in [2.24, 2.45) is 5.73 Å². The molecule has 122 valence electrons. The van der Waals surface area contributed by atoms with Crippen LogP contribution < -0.4 is 11.1 Å². The van der Waals surface area contributed by atoms with E-state index in [1.165, 1.54) is 0 Å². The van der Waals surface area contributed by atoms with Crippen LogP contribution in [-0.4, -0.2) is 55.9 Å². The van der Waals surface area contributed by atoms with Crippen LogP contribution in [0.2, 0.25) is 0 Å². The number of carbonyl (C=O) groups excluding carboxylic acids is 2. The summed E-state index contributed by atoms with van der Waals surface area (Å²) in [6.45, 7) is 3.24. The number of nitrogens with one attached hydrogen (secondary N) is 1. The average molecular weight is 310 g/mol. The zero-order valence-electron chi connectivity index (χ0n) is 12.7. The number of nitriles is 1. The minimum atomic E-state index is -0.646. The maximum Gasteiger partial charge on any atom is 0.413 e. The Labute approximate surface area is 129 Å². The number of nitrogens with two attached hydrogens (primary N) is 1. The normalized spacial score (nSPS) is 17.7. The van der Waals surface area contributed by atoms with Crippen molar-refractivity contribution in [3.8, 4) is 6.07 Å². The van der Waals surface area contributed by atoms with Crippen LogP contribution in [0.5, 0.6) is 0 Å². The van der Waals surface area contributed by atoms with Gasteiger partial charge in [-0.2, -0.15) is 5.26 Å². The highest BCUT2D eigenvalue weighted by Crippen LogP contribution is 2.10. The SMILES string of the molecule is CCOC(=O)N(/C=C(/C#N)C(=O)NCC1CCCO1)CCN. The Kier molecular flexibility index (Phi) is 7.96. The van der Waals surface area contributed by atoms with Crippen molar-refractivity contribution in [2.75, 3.05) is 32.8 Å². The lowest BCUT2D eigenvalue weighted by Gasteiger charge is -2.17. The summed E-state index contributed by atoms with van der Waals surface area (Å²) in [6.07, 6.45) is 2.35. The number of hydrogen-bond donors (Lipinski definition) is 2. The second kappa shape index (κ2) is 9.76. The zero-order chi connectivity index (χ0) is 16.4. The molecular weight excluding hydrogens is 288 g/mol. The third-order valence-electron chi connectivity index (χ3n) is 3.04. The third-order valence-corrected chi connectivity index (χ3v) is 3.04. The minimum Gasteiger partial charge on any atom is -0.449 e. The highest BCUT2D eigenvalue weighted by atomic mass is 16.6. The van der Waals surface area contributed by atoms with E-state index >= 15 is 0 Å². The van der Waals surface area contributed by atoms with Gasteiger partial charge in [0, 0.05) is 32.4 Å². The second-order valence-corrected chi connectivity index (χ2v) is 4.68. The van der Waals surface area contributed by atoms with Gasteiger partial charge in [-0.05, 0) is 19.8 Å². The van der Waals surface area contributed by atoms with Crippen LogP contribution in [0.25, 0.3) is 0 Å². The van der Waals surface area contributed by atoms with E-state index in [-0.39, 0.29) is 31.4 Å². The molecule has 1 heterocycles. The molecule has 1 unspecified atom stereocenters. The van der Waals surface area contributed by atoms with Gasteiger partial charge in [-0.15, -0.1) is 0 Å². The quantitative estimate of drug-likeness (QED) is 0.509. The molecule has 0 bridgehead atoms. The number of nitrogens with zero attached hydrogens (tertiary/aromatic N) is 2. The molecule has 1 rings (SSSR count). The molecular formula is C14H22N4O4. The molecule has 1 fully saturated rings. The van der Waals surface area contributed by atoms with Gasteiger partial charge in [-0.1, -0.05) is 0 Å². The number of amides is 2. The molecule has 0 aromatic carbocycles. The van der Waals surface area contributed by atoms with Gasteiger partial charge in [0.05, 0.1) is 12.7 Å². The number of hydrogen-bond acceptors (Lipinski definition) is 6. The number of carbonyl (C=O) groups is 2. The fourth-order valence-electron chi connectivity index (χ4n) is 1.96. The molecule has 0 saturated carbocycles. The molecule has 1 atom stereocenters. The van der Waals surface area contributed by atoms with Crippen LogP contribution in [0, 0.1) is 11.3 Å². The highest BCUT2D eigenvalue weighted by molar-refractivity contribution is 5.97. The Balaban J connectivity index is 2.66. The van der Waals surface area contributed by atoms with Crippen LogP contribution in [0.15, 0.2) is 11.8 Å². The van der Waals surface area contributed by atoms with Gasteiger partial charge in [0.25, 0.3) is 5.91 Å². The van der Waals surface area contributed by atoms with Crippen molar-refractivity contribution in [3.05, 3.63) is 11.8 Å². The first-order chi connectivity index (χ1) is 10.6. The topological polar surface area (TPSA) is 118 Å². The van der Waals surface area contributed by atoms with Crippen LogP contribution >= 0.6 is 0 Å². The van der Waals surface area contributed by atoms with Gasteiger partial charge in [0.2, 0.25) is 0 Å². The van der Waals surface area contributed by atoms with Crippen LogP contribution in [0.4, 0.5) is 4.79 Å². The van der Waals surface area contributed by atoms with Gasteiger partial charge in [-0.3, -0.25) is 9.69 Å². The van der Waals surface area contributed by atoms with E-state index in [0.717, 1.165) is 23.9 Å². The molecule has 0 aromatic rings. The van der Waals surface area contributed by atoms with Crippen molar-refractivity contribution < 1.29 is 19.1 Å². The van der Waals surface area contributed by atoms with Crippen molar-refractivity contribution in [1.29, 1.82) is 5.26 Å². The molecule has 0 aliphatic carbocycles. The van der Waals surface area contributed by atoms with Gasteiger partial charge in [0.1, 0.15) is 11.6 Å². The van der Waals surface area contributed by atoms with Crippen LogP contribution in [0.3, 0.4) is 0 Å². The Morgan fingerprint density at radius 3 is 2.91 bits per heavy atom. The van der Waals surface area contributed by atoms with E-state index in [9.17, 15) is 9.59 Å². The summed E-state index contributed by atoms with van der Waals surface area (Å²) in [5.41, 5.74) is 5.24. The molecule has 1 aliphatic rings. The van der Waals surface area contributed by atoms with Gasteiger partial charge >= 0.3 is 6.09 Å². The first-order valence-electron chi connectivity index (χ1n) is 7.27. The fourth-order valence-corrected chi connectivity index (χ4v) is 1.96. The Hall–Kier alpha value is -2.11. The van der Waals surface area contributed by atoms with Crippen molar-refractivity contribution in [2.45, 2.75) is 25.9 Å². The first kappa shape index (κ1) is 17.9. The van der Waals surface area contributed by atoms with E-state index in [0.29, 0.717) is 13.2 Å². The molecule has 1 saturated heterocycles. The molecule has 8 heteroatoms. The van der Waals surface area contributed by atoms with Gasteiger partial charge < -0.3 is 20.5 Å². The molecule has 1 aliphatic heterocycles. The smallest absolute Gasteiger partial charge is 0.413 e. The average Bonchev–Trinajstić information content (AvgIpc) is 3.02. The maximum atomic E-state index is 12.0. The minimum absolute atomic E-state index is 0.0194. The summed E-state index contributed by atoms with van der Waals surface area (Å²) in [5, 5.41) is 11.7. The maximum absolute atomic E-state index is 12.0. The van der Waals surface area contributed by atoms with E-state index in [4.69, 9.17) is 20.5 Å². The molecule has 8 nitrogen and oxygen atoms in total. The molecule has 3 N–H and O–H groups in total. The second-order valence-electron chi connectivity index (χ2n) is 4.68. The summed E-state index contributed by atoms with van der Waals surface area (Å²) < 4.78 is 10.2. The zero-order valence-corrected chi connectivity index (χ0v) is 12.7.